The molecule has 1 aliphatic heterocycles. The molecule has 2 aromatic rings. The highest BCUT2D eigenvalue weighted by atomic mass is 35.5. The van der Waals surface area contributed by atoms with Crippen molar-refractivity contribution in [2.75, 3.05) is 44.0 Å². The first-order valence-electron chi connectivity index (χ1n) is 11.9. The summed E-state index contributed by atoms with van der Waals surface area (Å²) in [4.78, 5) is 43.5. The number of methoxy groups -OCH3 is 1. The van der Waals surface area contributed by atoms with Crippen molar-refractivity contribution >= 4 is 40.8 Å². The Hall–Kier alpha value is -4.24. The van der Waals surface area contributed by atoms with Gasteiger partial charge in [0.05, 0.1) is 30.1 Å². The van der Waals surface area contributed by atoms with Gasteiger partial charge in [-0.2, -0.15) is 0 Å². The maximum Gasteiger partial charge on any atom is 0.325 e. The molecule has 10 heteroatoms. The normalized spacial score (nSPS) is 13.0. The van der Waals surface area contributed by atoms with Gasteiger partial charge in [-0.25, -0.2) is 4.79 Å². The number of phenols is 1. The van der Waals surface area contributed by atoms with E-state index in [-0.39, 0.29) is 47.8 Å². The molecular formula is C28H31ClN4O5. The zero-order valence-corrected chi connectivity index (χ0v) is 22.2. The van der Waals surface area contributed by atoms with E-state index < -0.39 is 11.9 Å². The number of carbonyl (C=O) groups excluding carboxylic acids is 3. The van der Waals surface area contributed by atoms with Crippen molar-refractivity contribution in [3.63, 3.8) is 0 Å². The van der Waals surface area contributed by atoms with Crippen LogP contribution in [0.3, 0.4) is 0 Å². The number of aromatic hydroxyl groups is 1. The summed E-state index contributed by atoms with van der Waals surface area (Å²) < 4.78 is 5.06. The van der Waals surface area contributed by atoms with E-state index in [4.69, 9.17) is 16.3 Å². The Kier molecular flexibility index (Phi) is 9.56. The molecule has 4 amide bonds. The Balaban J connectivity index is 1.73. The van der Waals surface area contributed by atoms with Crippen molar-refractivity contribution in [1.82, 2.24) is 9.80 Å². The number of hydrogen-bond donors (Lipinski definition) is 2. The number of amides is 4. The van der Waals surface area contributed by atoms with Crippen LogP contribution < -0.4 is 15.0 Å². The van der Waals surface area contributed by atoms with Crippen LogP contribution in [0.4, 0.5) is 16.2 Å². The SMILES string of the molecule is C=C/C=C(\C=C)CCN(C)C(=O)CN1Cc2ccccc2N(CC(=O)Nc2cc(Cl)c(OC)cc2O)C1=O. The quantitative estimate of drug-likeness (QED) is 0.322. The molecule has 0 spiro atoms. The minimum atomic E-state index is -0.555. The molecular weight excluding hydrogens is 508 g/mol. The lowest BCUT2D eigenvalue weighted by molar-refractivity contribution is -0.130. The first-order valence-corrected chi connectivity index (χ1v) is 12.2. The first-order chi connectivity index (χ1) is 18.2. The second kappa shape index (κ2) is 12.8. The highest BCUT2D eigenvalue weighted by Gasteiger charge is 2.33. The minimum Gasteiger partial charge on any atom is -0.506 e. The third kappa shape index (κ3) is 6.74. The van der Waals surface area contributed by atoms with E-state index >= 15 is 0 Å². The number of nitrogens with one attached hydrogen (secondary N) is 1. The van der Waals surface area contributed by atoms with Gasteiger partial charge in [0, 0.05) is 19.7 Å². The van der Waals surface area contributed by atoms with Gasteiger partial charge in [0.1, 0.15) is 24.6 Å². The van der Waals surface area contributed by atoms with Gasteiger partial charge in [0.15, 0.2) is 0 Å². The van der Waals surface area contributed by atoms with E-state index in [1.165, 1.54) is 29.0 Å². The topological polar surface area (TPSA) is 102 Å². The van der Waals surface area contributed by atoms with Gasteiger partial charge < -0.3 is 25.0 Å². The van der Waals surface area contributed by atoms with Crippen molar-refractivity contribution in [3.8, 4) is 11.5 Å². The van der Waals surface area contributed by atoms with E-state index in [1.807, 2.05) is 18.2 Å². The van der Waals surface area contributed by atoms with Crippen molar-refractivity contribution < 1.29 is 24.2 Å². The van der Waals surface area contributed by atoms with Crippen molar-refractivity contribution in [1.29, 1.82) is 0 Å². The van der Waals surface area contributed by atoms with Gasteiger partial charge >= 0.3 is 6.03 Å². The van der Waals surface area contributed by atoms with E-state index in [0.29, 0.717) is 18.7 Å². The Morgan fingerprint density at radius 2 is 1.97 bits per heavy atom. The molecule has 0 radical (unpaired) electrons. The molecule has 200 valence electrons. The molecule has 0 atom stereocenters. The van der Waals surface area contributed by atoms with Gasteiger partial charge in [-0.15, -0.1) is 0 Å². The number of likely N-dealkylation sites (N-methyl/N-ethyl adjacent to an activating group) is 1. The number of urea groups is 1. The molecule has 1 aliphatic rings. The lowest BCUT2D eigenvalue weighted by Gasteiger charge is -2.37. The number of nitrogens with zero attached hydrogens (tertiary/aromatic N) is 3. The van der Waals surface area contributed by atoms with Crippen LogP contribution in [0, 0.1) is 0 Å². The molecule has 38 heavy (non-hydrogen) atoms. The zero-order chi connectivity index (χ0) is 27.8. The largest absolute Gasteiger partial charge is 0.506 e. The molecule has 2 N–H and O–H groups in total. The number of anilines is 2. The zero-order valence-electron chi connectivity index (χ0n) is 21.4. The summed E-state index contributed by atoms with van der Waals surface area (Å²) >= 11 is 6.12. The lowest BCUT2D eigenvalue weighted by Crippen LogP contribution is -2.52. The van der Waals surface area contributed by atoms with Crippen molar-refractivity contribution in [2.45, 2.75) is 13.0 Å². The van der Waals surface area contributed by atoms with Crippen LogP contribution in [-0.2, 0) is 16.1 Å². The molecule has 0 aliphatic carbocycles. The van der Waals surface area contributed by atoms with E-state index in [1.54, 1.807) is 36.2 Å². The summed E-state index contributed by atoms with van der Waals surface area (Å²) in [5.41, 5.74) is 2.40. The van der Waals surface area contributed by atoms with Crippen LogP contribution in [0.2, 0.25) is 5.02 Å². The predicted molar refractivity (Wildman–Crippen MR) is 149 cm³/mol. The lowest BCUT2D eigenvalue weighted by atomic mass is 10.1. The van der Waals surface area contributed by atoms with Crippen LogP contribution in [0.1, 0.15) is 12.0 Å². The maximum absolute atomic E-state index is 13.4. The summed E-state index contributed by atoms with van der Waals surface area (Å²) in [7, 11) is 3.09. The molecule has 1 heterocycles. The van der Waals surface area contributed by atoms with E-state index in [9.17, 15) is 19.5 Å². The molecule has 9 nitrogen and oxygen atoms in total. The van der Waals surface area contributed by atoms with Gasteiger partial charge in [0.2, 0.25) is 11.8 Å². The summed E-state index contributed by atoms with van der Waals surface area (Å²) in [6.45, 7) is 7.63. The standard InChI is InChI=1S/C28H31ClN4O5/c1-5-9-19(6-2)12-13-31(3)27(36)18-32-16-20-10-7-8-11-23(20)33(28(32)37)17-26(35)30-22-14-21(29)25(38-4)15-24(22)34/h5-11,14-15,34H,1-2,12-13,16-18H2,3-4H3,(H,30,35)/b19-9+. The predicted octanol–water partition coefficient (Wildman–Crippen LogP) is 4.58. The second-order valence-electron chi connectivity index (χ2n) is 8.65. The van der Waals surface area contributed by atoms with Crippen LogP contribution in [-0.4, -0.2) is 66.5 Å². The molecule has 0 unspecified atom stereocenters. The monoisotopic (exact) mass is 538 g/mol. The Labute approximate surface area is 227 Å². The van der Waals surface area contributed by atoms with Gasteiger partial charge in [-0.3, -0.25) is 14.5 Å². The third-order valence-electron chi connectivity index (χ3n) is 6.07. The van der Waals surface area contributed by atoms with Crippen LogP contribution in [0.5, 0.6) is 11.5 Å². The minimum absolute atomic E-state index is 0.0802. The Morgan fingerprint density at radius 1 is 1.24 bits per heavy atom. The van der Waals surface area contributed by atoms with Gasteiger partial charge in [0.25, 0.3) is 0 Å². The Bertz CT molecular complexity index is 1280. The highest BCUT2D eigenvalue weighted by Crippen LogP contribution is 2.35. The Morgan fingerprint density at radius 3 is 2.66 bits per heavy atom. The number of carbonyl (C=O) groups is 3. The summed E-state index contributed by atoms with van der Waals surface area (Å²) in [6, 6.07) is 9.37. The van der Waals surface area contributed by atoms with Crippen LogP contribution in [0.15, 0.2) is 73.4 Å². The number of rotatable bonds is 11. The van der Waals surface area contributed by atoms with Gasteiger partial charge in [-0.1, -0.05) is 61.2 Å². The molecule has 0 saturated carbocycles. The van der Waals surface area contributed by atoms with Crippen LogP contribution >= 0.6 is 11.6 Å². The fourth-order valence-electron chi connectivity index (χ4n) is 3.97. The number of halogens is 1. The van der Waals surface area contributed by atoms with Crippen molar-refractivity contribution in [2.24, 2.45) is 0 Å². The number of fused-ring (bicyclic) bond motifs is 1. The average Bonchev–Trinajstić information content (AvgIpc) is 2.90. The summed E-state index contributed by atoms with van der Waals surface area (Å²) in [5, 5.41) is 13.0. The third-order valence-corrected chi connectivity index (χ3v) is 6.37. The van der Waals surface area contributed by atoms with Gasteiger partial charge in [-0.05, 0) is 29.7 Å². The number of para-hydroxylation sites is 1. The molecule has 0 bridgehead atoms. The number of benzene rings is 2. The highest BCUT2D eigenvalue weighted by molar-refractivity contribution is 6.32. The van der Waals surface area contributed by atoms with Crippen LogP contribution in [0.25, 0.3) is 0 Å². The number of ether oxygens (including phenoxy) is 1. The maximum atomic E-state index is 13.4. The molecule has 0 saturated heterocycles. The number of allylic oxidation sites excluding steroid dienone is 3. The molecule has 0 fully saturated rings. The smallest absolute Gasteiger partial charge is 0.325 e. The van der Waals surface area contributed by atoms with E-state index in [2.05, 4.69) is 18.5 Å². The number of phenolic OH excluding ortho intramolecular Hbond substituents is 1. The van der Waals surface area contributed by atoms with Crippen molar-refractivity contribution in [3.05, 3.63) is 83.9 Å². The molecule has 2 aromatic carbocycles. The first kappa shape index (κ1) is 28.3. The number of hydrogen-bond acceptors (Lipinski definition) is 5. The second-order valence-corrected chi connectivity index (χ2v) is 9.06. The fourth-order valence-corrected chi connectivity index (χ4v) is 4.21. The fraction of sp³-hybridized carbons (Fsp3) is 0.250. The molecule has 0 aromatic heterocycles. The molecule has 3 rings (SSSR count). The summed E-state index contributed by atoms with van der Waals surface area (Å²) in [6.07, 6.45) is 5.81. The van der Waals surface area contributed by atoms with E-state index in [0.717, 1.165) is 11.1 Å². The average molecular weight is 539 g/mol. The summed E-state index contributed by atoms with van der Waals surface area (Å²) in [5.74, 6) is -0.768.